The van der Waals surface area contributed by atoms with Gasteiger partial charge in [-0.15, -0.1) is 4.72 Å². The van der Waals surface area contributed by atoms with E-state index in [0.717, 1.165) is 0 Å². The van der Waals surface area contributed by atoms with Crippen molar-refractivity contribution in [3.63, 3.8) is 0 Å². The Hall–Kier alpha value is 0.130. The number of alkyl halides is 2. The van der Waals surface area contributed by atoms with Crippen LogP contribution in [0.25, 0.3) is 0 Å². The third-order valence-electron chi connectivity index (χ3n) is 2.06. The number of halogens is 2. The number of hydrogen-bond donors (Lipinski definition) is 1. The third kappa shape index (κ3) is 7.09. The van der Waals surface area contributed by atoms with Crippen molar-refractivity contribution in [1.82, 2.24) is 4.72 Å². The predicted molar refractivity (Wildman–Crippen MR) is 60.3 cm³/mol. The molecule has 0 aliphatic carbocycles. The van der Waals surface area contributed by atoms with Gasteiger partial charge in [0.25, 0.3) is 0 Å². The van der Waals surface area contributed by atoms with Crippen LogP contribution < -0.4 is 4.72 Å². The van der Waals surface area contributed by atoms with Crippen molar-refractivity contribution in [2.75, 3.05) is 0 Å². The molecule has 0 aromatic rings. The largest absolute Gasteiger partial charge is 0.598 e. The zero-order valence-electron chi connectivity index (χ0n) is 9.85. The van der Waals surface area contributed by atoms with Crippen molar-refractivity contribution < 1.29 is 13.3 Å². The maximum absolute atomic E-state index is 12.0. The molecule has 0 aromatic heterocycles. The highest BCUT2D eigenvalue weighted by Crippen LogP contribution is 2.16. The van der Waals surface area contributed by atoms with Gasteiger partial charge in [-0.3, -0.25) is 0 Å². The average molecular weight is 241 g/mol. The van der Waals surface area contributed by atoms with Gasteiger partial charge in [0.15, 0.2) is 0 Å². The van der Waals surface area contributed by atoms with Crippen LogP contribution in [0.5, 0.6) is 0 Å². The molecule has 15 heavy (non-hydrogen) atoms. The average Bonchev–Trinajstić information content (AvgIpc) is 2.09. The molecule has 0 aromatic carbocycles. The van der Waals surface area contributed by atoms with Gasteiger partial charge in [-0.25, -0.2) is 8.78 Å². The van der Waals surface area contributed by atoms with E-state index in [1.165, 1.54) is 0 Å². The van der Waals surface area contributed by atoms with Gasteiger partial charge in [-0.1, -0.05) is 6.92 Å². The van der Waals surface area contributed by atoms with Crippen molar-refractivity contribution in [2.45, 2.75) is 64.2 Å². The first-order chi connectivity index (χ1) is 6.77. The maximum Gasteiger partial charge on any atom is 0.238 e. The van der Waals surface area contributed by atoms with Crippen LogP contribution in [0.15, 0.2) is 0 Å². The molecule has 5 heteroatoms. The monoisotopic (exact) mass is 241 g/mol. The molecular formula is C10H21F2NOS. The minimum Gasteiger partial charge on any atom is -0.598 e. The molecule has 2 nitrogen and oxygen atoms in total. The highest BCUT2D eigenvalue weighted by atomic mass is 32.2. The summed E-state index contributed by atoms with van der Waals surface area (Å²) in [5.41, 5.74) is 0. The molecule has 0 aliphatic heterocycles. The first kappa shape index (κ1) is 15.1. The summed E-state index contributed by atoms with van der Waals surface area (Å²) in [6.07, 6.45) is -1.32. The van der Waals surface area contributed by atoms with Crippen LogP contribution in [-0.4, -0.2) is 21.8 Å². The fourth-order valence-corrected chi connectivity index (χ4v) is 1.94. The molecule has 0 heterocycles. The lowest BCUT2D eigenvalue weighted by atomic mass is 10.1. The maximum atomic E-state index is 12.0. The number of nitrogens with one attached hydrogen (secondary N) is 1. The van der Waals surface area contributed by atoms with E-state index in [9.17, 15) is 13.3 Å². The molecule has 0 amide bonds. The van der Waals surface area contributed by atoms with Gasteiger partial charge in [0.05, 0.1) is 6.04 Å². The number of rotatable bonds is 6. The van der Waals surface area contributed by atoms with E-state index in [4.69, 9.17) is 0 Å². The molecule has 0 fully saturated rings. The Balaban J connectivity index is 3.99. The molecule has 0 bridgehead atoms. The van der Waals surface area contributed by atoms with Gasteiger partial charge < -0.3 is 4.55 Å². The van der Waals surface area contributed by atoms with Crippen molar-refractivity contribution in [1.29, 1.82) is 0 Å². The normalized spacial score (nSPS) is 16.8. The van der Waals surface area contributed by atoms with Crippen LogP contribution in [0, 0.1) is 0 Å². The first-order valence-corrected chi connectivity index (χ1v) is 6.38. The molecule has 1 N–H and O–H groups in total. The van der Waals surface area contributed by atoms with Crippen molar-refractivity contribution in [3.05, 3.63) is 0 Å². The molecule has 92 valence electrons. The number of hydrogen-bond acceptors (Lipinski definition) is 2. The Labute approximate surface area is 94.1 Å². The van der Waals surface area contributed by atoms with Crippen LogP contribution in [0.2, 0.25) is 0 Å². The van der Waals surface area contributed by atoms with E-state index in [2.05, 4.69) is 4.72 Å². The minimum atomic E-state index is -2.27. The Morgan fingerprint density at radius 3 is 2.13 bits per heavy atom. The summed E-state index contributed by atoms with van der Waals surface area (Å²) in [5.74, 6) is 0. The lowest BCUT2D eigenvalue weighted by Crippen LogP contribution is -2.44. The van der Waals surface area contributed by atoms with Crippen LogP contribution in [0.4, 0.5) is 8.78 Å². The minimum absolute atomic E-state index is 0.0842. The van der Waals surface area contributed by atoms with E-state index < -0.39 is 17.8 Å². The summed E-state index contributed by atoms with van der Waals surface area (Å²) in [4.78, 5) is 0. The Kier molecular flexibility index (Phi) is 6.71. The molecule has 0 rings (SSSR count). The summed E-state index contributed by atoms with van der Waals surface area (Å²) in [5, 5.41) is 0. The molecule has 1 unspecified atom stereocenters. The summed E-state index contributed by atoms with van der Waals surface area (Å²) in [7, 11) is 0. The molecular weight excluding hydrogens is 220 g/mol. The zero-order valence-corrected chi connectivity index (χ0v) is 10.7. The van der Waals surface area contributed by atoms with Crippen LogP contribution in [0.1, 0.15) is 47.0 Å². The second-order valence-electron chi connectivity index (χ2n) is 4.57. The predicted octanol–water partition coefficient (Wildman–Crippen LogP) is 2.86. The second-order valence-corrected chi connectivity index (χ2v) is 6.57. The molecule has 0 spiro atoms. The Morgan fingerprint density at radius 2 is 1.80 bits per heavy atom. The highest BCUT2D eigenvalue weighted by Gasteiger charge is 2.28. The van der Waals surface area contributed by atoms with Crippen molar-refractivity contribution in [3.8, 4) is 0 Å². The Morgan fingerprint density at radius 1 is 1.27 bits per heavy atom. The topological polar surface area (TPSA) is 35.1 Å². The standard InChI is InChI=1S/C10H21F2NOS/c1-5-8(6-7-9(11)12)13-15(14)10(2,3)4/h8-9,13H,5-7H2,1-4H3/t8?,15-/m1/s1. The van der Waals surface area contributed by atoms with E-state index in [0.29, 0.717) is 12.8 Å². The van der Waals surface area contributed by atoms with Gasteiger partial charge in [0.2, 0.25) is 6.43 Å². The van der Waals surface area contributed by atoms with Gasteiger partial charge in [0, 0.05) is 17.8 Å². The van der Waals surface area contributed by atoms with Crippen molar-refractivity contribution in [2.24, 2.45) is 0 Å². The molecule has 0 saturated carbocycles. The van der Waals surface area contributed by atoms with Crippen LogP contribution in [-0.2, 0) is 11.4 Å². The fourth-order valence-electron chi connectivity index (χ4n) is 1.00. The van der Waals surface area contributed by atoms with Gasteiger partial charge in [-0.2, -0.15) is 0 Å². The molecule has 2 atom stereocenters. The van der Waals surface area contributed by atoms with E-state index >= 15 is 0 Å². The molecule has 0 saturated heterocycles. The quantitative estimate of drug-likeness (QED) is 0.726. The van der Waals surface area contributed by atoms with Crippen LogP contribution in [0.3, 0.4) is 0 Å². The lowest BCUT2D eigenvalue weighted by Gasteiger charge is -2.27. The summed E-state index contributed by atoms with van der Waals surface area (Å²) in [6.45, 7) is 7.48. The highest BCUT2D eigenvalue weighted by molar-refractivity contribution is 7.90. The smallest absolute Gasteiger partial charge is 0.238 e. The van der Waals surface area contributed by atoms with E-state index in [-0.39, 0.29) is 17.2 Å². The van der Waals surface area contributed by atoms with Gasteiger partial charge in [0.1, 0.15) is 4.75 Å². The third-order valence-corrected chi connectivity index (χ3v) is 3.72. The van der Waals surface area contributed by atoms with Crippen LogP contribution >= 0.6 is 0 Å². The van der Waals surface area contributed by atoms with Gasteiger partial charge in [-0.05, 0) is 33.6 Å². The van der Waals surface area contributed by atoms with Crippen molar-refractivity contribution >= 4 is 11.4 Å². The zero-order chi connectivity index (χ0) is 12.1. The molecule has 0 aliphatic rings. The second kappa shape index (κ2) is 6.66. The SMILES string of the molecule is CCC(CCC(F)F)N[S@+]([O-])C(C)(C)C. The molecule has 0 radical (unpaired) electrons. The first-order valence-electron chi connectivity index (χ1n) is 5.23. The fraction of sp³-hybridized carbons (Fsp3) is 1.00. The van der Waals surface area contributed by atoms with E-state index in [1.54, 1.807) is 0 Å². The summed E-state index contributed by atoms with van der Waals surface area (Å²) < 4.78 is 38.2. The Bertz CT molecular complexity index is 173. The van der Waals surface area contributed by atoms with Gasteiger partial charge >= 0.3 is 0 Å². The lowest BCUT2D eigenvalue weighted by molar-refractivity contribution is 0.131. The summed E-state index contributed by atoms with van der Waals surface area (Å²) >= 11 is -1.18. The van der Waals surface area contributed by atoms with E-state index in [1.807, 2.05) is 27.7 Å². The summed E-state index contributed by atoms with van der Waals surface area (Å²) in [6, 6.07) is -0.0842.